The van der Waals surface area contributed by atoms with Gasteiger partial charge in [-0.1, -0.05) is 20.3 Å². The minimum Gasteiger partial charge on any atom is -0.494 e. The van der Waals surface area contributed by atoms with Crippen LogP contribution in [0.3, 0.4) is 0 Å². The average Bonchev–Trinajstić information content (AvgIpc) is 2.84. The number of nitrogens with one attached hydrogen (secondary N) is 1. The smallest absolute Gasteiger partial charge is 0.427 e. The second-order valence-corrected chi connectivity index (χ2v) is 10.00. The third-order valence-electron chi connectivity index (χ3n) is 4.77. The van der Waals surface area contributed by atoms with E-state index in [1.807, 2.05) is 0 Å². The Morgan fingerprint density at radius 3 is 2.32 bits per heavy atom. The summed E-state index contributed by atoms with van der Waals surface area (Å²) >= 11 is 0. The van der Waals surface area contributed by atoms with E-state index < -0.39 is 33.7 Å². The van der Waals surface area contributed by atoms with E-state index >= 15 is 0 Å². The summed E-state index contributed by atoms with van der Waals surface area (Å²) in [6.45, 7) is 11.5. The molecule has 0 bridgehead atoms. The lowest BCUT2D eigenvalue weighted by Gasteiger charge is -2.31. The highest BCUT2D eigenvalue weighted by molar-refractivity contribution is 7.92. The predicted octanol–water partition coefficient (Wildman–Crippen LogP) is 6.78. The molecule has 38 heavy (non-hydrogen) atoms. The SMILES string of the molecule is C=C.CCC.COc1cc(S(=O)(=O)N2CCOc3ccc(NC(=O)OC(C)(C)C(F)(F)F)cc32)ccc1F.[HH]. The van der Waals surface area contributed by atoms with Crippen molar-refractivity contribution in [2.24, 2.45) is 0 Å². The van der Waals surface area contributed by atoms with Crippen molar-refractivity contribution >= 4 is 27.5 Å². The van der Waals surface area contributed by atoms with Gasteiger partial charge in [-0.15, -0.1) is 13.2 Å². The number of anilines is 2. The molecule has 3 rings (SSSR count). The Bertz CT molecular complexity index is 1210. The molecule has 8 nitrogen and oxygen atoms in total. The number of hydrogen-bond donors (Lipinski definition) is 1. The maximum atomic E-state index is 13.7. The number of carbonyl (C=O) groups is 1. The fourth-order valence-electron chi connectivity index (χ4n) is 2.88. The van der Waals surface area contributed by atoms with Gasteiger partial charge in [0.1, 0.15) is 12.4 Å². The molecule has 0 unspecified atom stereocenters. The van der Waals surface area contributed by atoms with Crippen molar-refractivity contribution in [3.8, 4) is 11.5 Å². The van der Waals surface area contributed by atoms with Gasteiger partial charge in [-0.25, -0.2) is 17.6 Å². The van der Waals surface area contributed by atoms with Crippen LogP contribution in [0.1, 0.15) is 35.5 Å². The Kier molecular flexibility index (Phi) is 11.4. The summed E-state index contributed by atoms with van der Waals surface area (Å²) in [5.74, 6) is -0.853. The van der Waals surface area contributed by atoms with E-state index in [9.17, 15) is 30.8 Å². The lowest BCUT2D eigenvalue weighted by Crippen LogP contribution is -2.44. The standard InChI is InChI=1S/C20H20F4N2O6S.C3H8.C2H4.H2/c1-19(2,20(22,23)24)32-18(27)25-12-4-7-16-15(10-12)26(8-9-31-16)33(28,29)13-5-6-14(21)17(11-13)30-3;1-3-2;1-2;/h4-7,10-11H,8-9H2,1-3H3,(H,25,27);3H2,1-2H3;1-2H2;1H. The number of rotatable bonds is 5. The van der Waals surface area contributed by atoms with Crippen molar-refractivity contribution in [3.63, 3.8) is 0 Å². The molecule has 0 fully saturated rings. The number of halogens is 4. The molecular formula is C25H34F4N2O6S. The number of alkyl halides is 3. The molecule has 1 aliphatic heterocycles. The van der Waals surface area contributed by atoms with Crippen LogP contribution in [-0.2, 0) is 14.8 Å². The zero-order valence-electron chi connectivity index (χ0n) is 21.8. The number of carbonyl (C=O) groups excluding carboxylic acids is 1. The molecule has 0 radical (unpaired) electrons. The number of fused-ring (bicyclic) bond motifs is 1. The molecule has 1 aliphatic rings. The van der Waals surface area contributed by atoms with Gasteiger partial charge in [-0.2, -0.15) is 13.2 Å². The van der Waals surface area contributed by atoms with Crippen molar-refractivity contribution in [1.82, 2.24) is 0 Å². The molecule has 0 saturated carbocycles. The van der Waals surface area contributed by atoms with Crippen LogP contribution in [0.5, 0.6) is 11.5 Å². The average molecular weight is 567 g/mol. The van der Waals surface area contributed by atoms with Crippen molar-refractivity contribution < 1.29 is 46.4 Å². The third kappa shape index (κ3) is 7.76. The van der Waals surface area contributed by atoms with Crippen LogP contribution in [0.4, 0.5) is 33.7 Å². The highest BCUT2D eigenvalue weighted by Crippen LogP contribution is 2.38. The van der Waals surface area contributed by atoms with Gasteiger partial charge < -0.3 is 14.2 Å². The van der Waals surface area contributed by atoms with Crippen LogP contribution in [-0.4, -0.2) is 46.5 Å². The number of benzene rings is 2. The first kappa shape index (κ1) is 32.5. The Morgan fingerprint density at radius 1 is 1.16 bits per heavy atom. The molecule has 2 aromatic carbocycles. The molecule has 0 saturated heterocycles. The molecule has 13 heteroatoms. The molecule has 1 N–H and O–H groups in total. The largest absolute Gasteiger partial charge is 0.494 e. The second-order valence-electron chi connectivity index (χ2n) is 8.13. The summed E-state index contributed by atoms with van der Waals surface area (Å²) in [5.41, 5.74) is -2.75. The zero-order valence-corrected chi connectivity index (χ0v) is 22.6. The lowest BCUT2D eigenvalue weighted by molar-refractivity contribution is -0.242. The Labute approximate surface area is 221 Å². The molecule has 0 spiro atoms. The second kappa shape index (κ2) is 13.4. The van der Waals surface area contributed by atoms with E-state index in [4.69, 9.17) is 9.47 Å². The number of ether oxygens (including phenoxy) is 3. The molecule has 1 heterocycles. The molecule has 2 aromatic rings. The predicted molar refractivity (Wildman–Crippen MR) is 139 cm³/mol. The van der Waals surface area contributed by atoms with E-state index in [1.54, 1.807) is 0 Å². The number of amides is 1. The highest BCUT2D eigenvalue weighted by atomic mass is 32.2. The summed E-state index contributed by atoms with van der Waals surface area (Å²) < 4.78 is 94.8. The van der Waals surface area contributed by atoms with Crippen LogP contribution in [0.15, 0.2) is 54.5 Å². The number of methoxy groups -OCH3 is 1. The van der Waals surface area contributed by atoms with Gasteiger partial charge >= 0.3 is 12.3 Å². The van der Waals surface area contributed by atoms with Gasteiger partial charge in [0.25, 0.3) is 10.0 Å². The van der Waals surface area contributed by atoms with E-state index in [1.165, 1.54) is 31.7 Å². The fraction of sp³-hybridized carbons (Fsp3) is 0.400. The van der Waals surface area contributed by atoms with Crippen molar-refractivity contribution in [3.05, 3.63) is 55.4 Å². The minimum atomic E-state index is -4.80. The van der Waals surface area contributed by atoms with E-state index in [0.717, 1.165) is 22.5 Å². The van der Waals surface area contributed by atoms with E-state index in [2.05, 4.69) is 37.1 Å². The highest BCUT2D eigenvalue weighted by Gasteiger charge is 2.51. The molecule has 0 atom stereocenters. The molecular weight excluding hydrogens is 532 g/mol. The van der Waals surface area contributed by atoms with Gasteiger partial charge in [0.2, 0.25) is 5.60 Å². The van der Waals surface area contributed by atoms with Crippen LogP contribution in [0.25, 0.3) is 0 Å². The summed E-state index contributed by atoms with van der Waals surface area (Å²) in [6.07, 6.45) is -4.93. The summed E-state index contributed by atoms with van der Waals surface area (Å²) in [6, 6.07) is 6.93. The van der Waals surface area contributed by atoms with Gasteiger partial charge in [0, 0.05) is 13.2 Å². The minimum absolute atomic E-state index is 0. The molecule has 0 aromatic heterocycles. The molecule has 1 amide bonds. The summed E-state index contributed by atoms with van der Waals surface area (Å²) in [4.78, 5) is 11.7. The van der Waals surface area contributed by atoms with E-state index in [-0.39, 0.29) is 42.3 Å². The van der Waals surface area contributed by atoms with Crippen LogP contribution >= 0.6 is 0 Å². The van der Waals surface area contributed by atoms with Crippen LogP contribution in [0, 0.1) is 5.82 Å². The lowest BCUT2D eigenvalue weighted by atomic mass is 10.1. The quantitative estimate of drug-likeness (QED) is 0.317. The zero-order chi connectivity index (χ0) is 29.3. The van der Waals surface area contributed by atoms with Gasteiger partial charge in [0.15, 0.2) is 11.6 Å². The topological polar surface area (TPSA) is 94.2 Å². The Balaban J connectivity index is 0.00000225. The maximum Gasteiger partial charge on any atom is 0.427 e. The van der Waals surface area contributed by atoms with Crippen molar-refractivity contribution in [1.29, 1.82) is 0 Å². The number of sulfonamides is 1. The normalized spacial score (nSPS) is 12.9. The van der Waals surface area contributed by atoms with Gasteiger partial charge in [-0.05, 0) is 44.2 Å². The van der Waals surface area contributed by atoms with Gasteiger partial charge in [0.05, 0.1) is 24.2 Å². The number of hydrogen-bond acceptors (Lipinski definition) is 6. The Hall–Kier alpha value is -3.48. The summed E-state index contributed by atoms with van der Waals surface area (Å²) in [7, 11) is -3.01. The van der Waals surface area contributed by atoms with Crippen LogP contribution in [0.2, 0.25) is 0 Å². The number of nitrogens with zero attached hydrogens (tertiary/aromatic N) is 1. The maximum absolute atomic E-state index is 13.7. The fourth-order valence-corrected chi connectivity index (χ4v) is 4.35. The van der Waals surface area contributed by atoms with Crippen molar-refractivity contribution in [2.45, 2.75) is 50.8 Å². The van der Waals surface area contributed by atoms with Gasteiger partial charge in [-0.3, -0.25) is 9.62 Å². The van der Waals surface area contributed by atoms with E-state index in [0.29, 0.717) is 13.8 Å². The first-order valence-electron chi connectivity index (χ1n) is 11.4. The monoisotopic (exact) mass is 566 g/mol. The van der Waals surface area contributed by atoms with Crippen molar-refractivity contribution in [2.75, 3.05) is 29.9 Å². The molecule has 214 valence electrons. The molecule has 0 aliphatic carbocycles. The Morgan fingerprint density at radius 2 is 1.76 bits per heavy atom. The first-order chi connectivity index (χ1) is 17.7. The van der Waals surface area contributed by atoms with Crippen LogP contribution < -0.4 is 19.1 Å². The first-order valence-corrected chi connectivity index (χ1v) is 12.8. The summed E-state index contributed by atoms with van der Waals surface area (Å²) in [5, 5.41) is 2.15. The third-order valence-corrected chi connectivity index (χ3v) is 6.58.